The summed E-state index contributed by atoms with van der Waals surface area (Å²) in [5.41, 5.74) is 0. The topological polar surface area (TPSA) is 70.6 Å². The first-order valence-electron chi connectivity index (χ1n) is 5.78. The lowest BCUT2D eigenvalue weighted by Crippen LogP contribution is -2.35. The predicted octanol–water partition coefficient (Wildman–Crippen LogP) is -0.253. The lowest BCUT2D eigenvalue weighted by Gasteiger charge is -2.08. The highest BCUT2D eigenvalue weighted by Crippen LogP contribution is 2.02. The van der Waals surface area contributed by atoms with Gasteiger partial charge in [-0.05, 0) is 18.8 Å². The maximum absolute atomic E-state index is 11.3. The van der Waals surface area contributed by atoms with E-state index < -0.39 is 0 Å². The van der Waals surface area contributed by atoms with Gasteiger partial charge in [0.2, 0.25) is 5.91 Å². The average molecular weight is 232 g/mol. The van der Waals surface area contributed by atoms with E-state index in [0.717, 1.165) is 12.8 Å². The van der Waals surface area contributed by atoms with Crippen molar-refractivity contribution in [1.29, 1.82) is 0 Å². The lowest BCUT2D eigenvalue weighted by atomic mass is 10.1. The Kier molecular flexibility index (Phi) is 10.4. The van der Waals surface area contributed by atoms with Gasteiger partial charge in [0.1, 0.15) is 0 Å². The number of aliphatic hydroxyl groups excluding tert-OH is 1. The van der Waals surface area contributed by atoms with Crippen molar-refractivity contribution in [3.63, 3.8) is 0 Å². The zero-order valence-electron chi connectivity index (χ0n) is 10.3. The number of rotatable bonds is 10. The highest BCUT2D eigenvalue weighted by molar-refractivity contribution is 5.77. The first-order chi connectivity index (χ1) is 7.70. The van der Waals surface area contributed by atoms with Gasteiger partial charge in [-0.25, -0.2) is 0 Å². The molecule has 3 N–H and O–H groups in total. The maximum atomic E-state index is 11.3. The van der Waals surface area contributed by atoms with Gasteiger partial charge in [0.05, 0.1) is 13.2 Å². The molecule has 0 spiro atoms. The first-order valence-corrected chi connectivity index (χ1v) is 5.78. The van der Waals surface area contributed by atoms with Crippen molar-refractivity contribution in [2.75, 3.05) is 40.0 Å². The van der Waals surface area contributed by atoms with Crippen molar-refractivity contribution < 1.29 is 14.6 Å². The van der Waals surface area contributed by atoms with Crippen LogP contribution in [-0.2, 0) is 9.53 Å². The first kappa shape index (κ1) is 15.3. The van der Waals surface area contributed by atoms with Gasteiger partial charge in [0.15, 0.2) is 0 Å². The Morgan fingerprint density at radius 3 is 2.81 bits per heavy atom. The van der Waals surface area contributed by atoms with Gasteiger partial charge in [0.25, 0.3) is 0 Å². The molecule has 5 nitrogen and oxygen atoms in total. The largest absolute Gasteiger partial charge is 0.396 e. The number of carbonyl (C=O) groups is 1. The molecule has 1 atom stereocenters. The zero-order chi connectivity index (χ0) is 12.2. The number of carbonyl (C=O) groups excluding carboxylic acids is 1. The second-order valence-corrected chi connectivity index (χ2v) is 3.95. The molecule has 0 saturated heterocycles. The van der Waals surface area contributed by atoms with Crippen molar-refractivity contribution in [3.8, 4) is 0 Å². The monoisotopic (exact) mass is 232 g/mol. The molecule has 0 aromatic rings. The van der Waals surface area contributed by atoms with Crippen molar-refractivity contribution in [1.82, 2.24) is 10.6 Å². The lowest BCUT2D eigenvalue weighted by molar-refractivity contribution is -0.120. The van der Waals surface area contributed by atoms with Gasteiger partial charge < -0.3 is 20.5 Å². The molecular formula is C11H24N2O3. The van der Waals surface area contributed by atoms with Crippen LogP contribution >= 0.6 is 0 Å². The number of nitrogens with one attached hydrogen (secondary N) is 2. The molecule has 0 aliphatic heterocycles. The molecule has 0 aromatic carbocycles. The third kappa shape index (κ3) is 9.89. The second kappa shape index (κ2) is 10.9. The molecule has 5 heteroatoms. The quantitative estimate of drug-likeness (QED) is 0.454. The average Bonchev–Trinajstić information content (AvgIpc) is 2.30. The Labute approximate surface area is 97.6 Å². The highest BCUT2D eigenvalue weighted by atomic mass is 16.5. The van der Waals surface area contributed by atoms with Crippen LogP contribution in [0.25, 0.3) is 0 Å². The summed E-state index contributed by atoms with van der Waals surface area (Å²) in [5.74, 6) is 0.324. The summed E-state index contributed by atoms with van der Waals surface area (Å²) in [6.07, 6.45) is 1.85. The molecular weight excluding hydrogens is 208 g/mol. The number of aliphatic hydroxyl groups is 1. The Balaban J connectivity index is 3.24. The van der Waals surface area contributed by atoms with E-state index in [4.69, 9.17) is 9.84 Å². The van der Waals surface area contributed by atoms with Crippen molar-refractivity contribution in [2.24, 2.45) is 5.92 Å². The van der Waals surface area contributed by atoms with E-state index in [1.165, 1.54) is 0 Å². The highest BCUT2D eigenvalue weighted by Gasteiger charge is 2.01. The second-order valence-electron chi connectivity index (χ2n) is 3.95. The standard InChI is InChI=1S/C11H24N2O3/c1-10(9-14)4-3-5-13-11(15)8-12-6-7-16-2/h10,12,14H,3-9H2,1-2H3,(H,13,15). The Hall–Kier alpha value is -0.650. The van der Waals surface area contributed by atoms with E-state index in [1.807, 2.05) is 6.92 Å². The van der Waals surface area contributed by atoms with Crippen LogP contribution in [0.1, 0.15) is 19.8 Å². The summed E-state index contributed by atoms with van der Waals surface area (Å²) in [5, 5.41) is 14.6. The van der Waals surface area contributed by atoms with Gasteiger partial charge >= 0.3 is 0 Å². The van der Waals surface area contributed by atoms with Gasteiger partial charge in [0, 0.05) is 26.8 Å². The fourth-order valence-electron chi connectivity index (χ4n) is 1.21. The summed E-state index contributed by atoms with van der Waals surface area (Å²) in [6, 6.07) is 0. The number of hydrogen-bond acceptors (Lipinski definition) is 4. The molecule has 96 valence electrons. The Morgan fingerprint density at radius 1 is 1.44 bits per heavy atom. The summed E-state index contributed by atoms with van der Waals surface area (Å²) in [7, 11) is 1.63. The fraction of sp³-hybridized carbons (Fsp3) is 0.909. The van der Waals surface area contributed by atoms with Gasteiger partial charge in [-0.2, -0.15) is 0 Å². The fourth-order valence-corrected chi connectivity index (χ4v) is 1.21. The minimum atomic E-state index is 0.00718. The molecule has 0 radical (unpaired) electrons. The normalized spacial score (nSPS) is 12.4. The van der Waals surface area contributed by atoms with Crippen molar-refractivity contribution in [3.05, 3.63) is 0 Å². The molecule has 16 heavy (non-hydrogen) atoms. The minimum absolute atomic E-state index is 0.00718. The van der Waals surface area contributed by atoms with Crippen LogP contribution in [0.5, 0.6) is 0 Å². The molecule has 0 saturated carbocycles. The van der Waals surface area contributed by atoms with Crippen LogP contribution in [0.2, 0.25) is 0 Å². The van der Waals surface area contributed by atoms with Gasteiger partial charge in [-0.1, -0.05) is 6.92 Å². The predicted molar refractivity (Wildman–Crippen MR) is 63.2 cm³/mol. The van der Waals surface area contributed by atoms with Crippen LogP contribution in [-0.4, -0.2) is 51.0 Å². The minimum Gasteiger partial charge on any atom is -0.396 e. The van der Waals surface area contributed by atoms with Crippen molar-refractivity contribution in [2.45, 2.75) is 19.8 Å². The third-order valence-electron chi connectivity index (χ3n) is 2.28. The summed E-state index contributed by atoms with van der Waals surface area (Å²) in [6.45, 7) is 4.52. The number of methoxy groups -OCH3 is 1. The third-order valence-corrected chi connectivity index (χ3v) is 2.28. The molecule has 0 aliphatic rings. The van der Waals surface area contributed by atoms with Crippen molar-refractivity contribution >= 4 is 5.91 Å². The van der Waals surface area contributed by atoms with E-state index >= 15 is 0 Å². The van der Waals surface area contributed by atoms with Gasteiger partial charge in [-0.3, -0.25) is 4.79 Å². The van der Waals surface area contributed by atoms with Crippen LogP contribution in [0, 0.1) is 5.92 Å². The van der Waals surface area contributed by atoms with Crippen LogP contribution < -0.4 is 10.6 Å². The number of ether oxygens (including phenoxy) is 1. The van der Waals surface area contributed by atoms with Crippen LogP contribution in [0.3, 0.4) is 0 Å². The van der Waals surface area contributed by atoms with Crippen LogP contribution in [0.15, 0.2) is 0 Å². The molecule has 0 aliphatic carbocycles. The van der Waals surface area contributed by atoms with E-state index in [1.54, 1.807) is 7.11 Å². The number of hydrogen-bond donors (Lipinski definition) is 3. The molecule has 0 bridgehead atoms. The zero-order valence-corrected chi connectivity index (χ0v) is 10.3. The summed E-state index contributed by atoms with van der Waals surface area (Å²) < 4.78 is 4.84. The smallest absolute Gasteiger partial charge is 0.233 e. The van der Waals surface area contributed by atoms with Gasteiger partial charge in [-0.15, -0.1) is 0 Å². The Bertz CT molecular complexity index is 177. The number of amides is 1. The van der Waals surface area contributed by atoms with Crippen LogP contribution in [0.4, 0.5) is 0 Å². The Morgan fingerprint density at radius 2 is 2.19 bits per heavy atom. The molecule has 0 rings (SSSR count). The molecule has 1 unspecified atom stereocenters. The molecule has 1 amide bonds. The van der Waals surface area contributed by atoms with E-state index in [9.17, 15) is 4.79 Å². The molecule has 0 heterocycles. The SMILES string of the molecule is COCCNCC(=O)NCCCC(C)CO. The van der Waals surface area contributed by atoms with E-state index in [2.05, 4.69) is 10.6 Å². The molecule has 0 aromatic heterocycles. The summed E-state index contributed by atoms with van der Waals surface area (Å²) >= 11 is 0. The summed E-state index contributed by atoms with van der Waals surface area (Å²) in [4.78, 5) is 11.3. The van der Waals surface area contributed by atoms with E-state index in [0.29, 0.717) is 32.2 Å². The maximum Gasteiger partial charge on any atom is 0.233 e. The van der Waals surface area contributed by atoms with E-state index in [-0.39, 0.29) is 12.5 Å². The molecule has 0 fully saturated rings.